The first-order valence-electron chi connectivity index (χ1n) is 6.50. The van der Waals surface area contributed by atoms with Gasteiger partial charge in [-0.3, -0.25) is 4.79 Å². The van der Waals surface area contributed by atoms with Gasteiger partial charge in [-0.1, -0.05) is 24.3 Å². The number of para-hydroxylation sites is 1. The Balaban J connectivity index is 1.74. The molecule has 0 atom stereocenters. The zero-order chi connectivity index (χ0) is 13.9. The minimum absolute atomic E-state index is 0.0638. The van der Waals surface area contributed by atoms with E-state index in [-0.39, 0.29) is 5.91 Å². The number of benzene rings is 1. The van der Waals surface area contributed by atoms with Gasteiger partial charge in [0.1, 0.15) is 5.82 Å². The van der Waals surface area contributed by atoms with E-state index in [4.69, 9.17) is 0 Å². The number of carbonyl (C=O) groups is 1. The number of aromatic nitrogens is 2. The molecule has 3 aromatic rings. The van der Waals surface area contributed by atoms with Crippen molar-refractivity contribution in [1.82, 2.24) is 9.97 Å². The molecule has 0 unspecified atom stereocenters. The molecule has 0 radical (unpaired) electrons. The fourth-order valence-electron chi connectivity index (χ4n) is 2.18. The van der Waals surface area contributed by atoms with E-state index in [1.807, 2.05) is 49.5 Å². The molecule has 1 aromatic carbocycles. The summed E-state index contributed by atoms with van der Waals surface area (Å²) in [6, 6.07) is 11.7. The number of aryl methyl sites for hydroxylation is 1. The highest BCUT2D eigenvalue weighted by Gasteiger charge is 2.09. The number of rotatable bonds is 3. The van der Waals surface area contributed by atoms with Gasteiger partial charge >= 0.3 is 0 Å². The van der Waals surface area contributed by atoms with Gasteiger partial charge in [-0.05, 0) is 30.2 Å². The van der Waals surface area contributed by atoms with E-state index in [1.165, 1.54) is 0 Å². The van der Waals surface area contributed by atoms with Crippen molar-refractivity contribution in [3.05, 3.63) is 59.9 Å². The topological polar surface area (TPSA) is 57.8 Å². The maximum Gasteiger partial charge on any atom is 0.230 e. The van der Waals surface area contributed by atoms with Crippen LogP contribution in [0.3, 0.4) is 0 Å². The summed E-state index contributed by atoms with van der Waals surface area (Å²) in [4.78, 5) is 19.4. The lowest BCUT2D eigenvalue weighted by atomic mass is 10.1. The lowest BCUT2D eigenvalue weighted by molar-refractivity contribution is -0.115. The normalized spacial score (nSPS) is 10.7. The highest BCUT2D eigenvalue weighted by molar-refractivity contribution is 5.95. The Hall–Kier alpha value is -2.62. The molecule has 0 fully saturated rings. The number of carbonyl (C=O) groups excluding carboxylic acids is 1. The highest BCUT2D eigenvalue weighted by atomic mass is 16.1. The van der Waals surface area contributed by atoms with Gasteiger partial charge in [0.2, 0.25) is 5.91 Å². The molecular weight excluding hydrogens is 250 g/mol. The second-order valence-electron chi connectivity index (χ2n) is 4.81. The van der Waals surface area contributed by atoms with Crippen LogP contribution >= 0.6 is 0 Å². The summed E-state index contributed by atoms with van der Waals surface area (Å²) >= 11 is 0. The number of nitrogens with zero attached hydrogens (tertiary/aromatic N) is 1. The minimum atomic E-state index is -0.0638. The number of anilines is 1. The van der Waals surface area contributed by atoms with Crippen molar-refractivity contribution in [1.29, 1.82) is 0 Å². The van der Waals surface area contributed by atoms with E-state index in [2.05, 4.69) is 15.3 Å². The van der Waals surface area contributed by atoms with Crippen LogP contribution < -0.4 is 5.32 Å². The first-order chi connectivity index (χ1) is 9.72. The number of hydrogen-bond donors (Lipinski definition) is 2. The van der Waals surface area contributed by atoms with E-state index in [9.17, 15) is 4.79 Å². The van der Waals surface area contributed by atoms with Crippen molar-refractivity contribution >= 4 is 22.6 Å². The lowest BCUT2D eigenvalue weighted by Crippen LogP contribution is -2.15. The van der Waals surface area contributed by atoms with E-state index in [0.717, 1.165) is 22.0 Å². The summed E-state index contributed by atoms with van der Waals surface area (Å²) in [5.41, 5.74) is 3.11. The van der Waals surface area contributed by atoms with Crippen LogP contribution in [0.15, 0.2) is 48.8 Å². The van der Waals surface area contributed by atoms with Crippen LogP contribution in [0.5, 0.6) is 0 Å². The van der Waals surface area contributed by atoms with E-state index < -0.39 is 0 Å². The molecule has 100 valence electrons. The number of fused-ring (bicyclic) bond motifs is 1. The third kappa shape index (κ3) is 2.54. The SMILES string of the molecule is Cc1ccc(NC(=O)Cc2c[nH]c3ccccc23)nc1. The molecule has 2 N–H and O–H groups in total. The zero-order valence-electron chi connectivity index (χ0n) is 11.2. The largest absolute Gasteiger partial charge is 0.361 e. The van der Waals surface area contributed by atoms with E-state index in [1.54, 1.807) is 6.20 Å². The maximum absolute atomic E-state index is 12.0. The number of amides is 1. The van der Waals surface area contributed by atoms with Crippen molar-refractivity contribution in [3.8, 4) is 0 Å². The molecule has 0 bridgehead atoms. The summed E-state index contributed by atoms with van der Waals surface area (Å²) in [6.45, 7) is 1.96. The van der Waals surface area contributed by atoms with E-state index >= 15 is 0 Å². The van der Waals surface area contributed by atoms with Crippen molar-refractivity contribution in [2.24, 2.45) is 0 Å². The van der Waals surface area contributed by atoms with Gasteiger partial charge in [0.15, 0.2) is 0 Å². The average molecular weight is 265 g/mol. The van der Waals surface area contributed by atoms with Gasteiger partial charge in [0.25, 0.3) is 0 Å². The highest BCUT2D eigenvalue weighted by Crippen LogP contribution is 2.18. The molecule has 0 saturated heterocycles. The Morgan fingerprint density at radius 3 is 2.90 bits per heavy atom. The van der Waals surface area contributed by atoms with Gasteiger partial charge < -0.3 is 10.3 Å². The van der Waals surface area contributed by atoms with Gasteiger partial charge in [-0.25, -0.2) is 4.98 Å². The summed E-state index contributed by atoms with van der Waals surface area (Å²) in [5, 5.41) is 3.89. The van der Waals surface area contributed by atoms with Crippen LogP contribution in [0, 0.1) is 6.92 Å². The molecular formula is C16H15N3O. The van der Waals surface area contributed by atoms with Crippen molar-refractivity contribution < 1.29 is 4.79 Å². The van der Waals surface area contributed by atoms with Gasteiger partial charge in [-0.15, -0.1) is 0 Å². The van der Waals surface area contributed by atoms with Crippen molar-refractivity contribution in [2.45, 2.75) is 13.3 Å². The fraction of sp³-hybridized carbons (Fsp3) is 0.125. The van der Waals surface area contributed by atoms with Crippen LogP contribution in [0.25, 0.3) is 10.9 Å². The number of hydrogen-bond acceptors (Lipinski definition) is 2. The Bertz CT molecular complexity index is 744. The summed E-state index contributed by atoms with van der Waals surface area (Å²) < 4.78 is 0. The summed E-state index contributed by atoms with van der Waals surface area (Å²) in [5.74, 6) is 0.520. The maximum atomic E-state index is 12.0. The van der Waals surface area contributed by atoms with Crippen LogP contribution in [0.1, 0.15) is 11.1 Å². The fourth-order valence-corrected chi connectivity index (χ4v) is 2.18. The molecule has 1 amide bonds. The number of nitrogens with one attached hydrogen (secondary N) is 2. The monoisotopic (exact) mass is 265 g/mol. The van der Waals surface area contributed by atoms with Crippen LogP contribution in [-0.2, 0) is 11.2 Å². The number of aromatic amines is 1. The third-order valence-corrected chi connectivity index (χ3v) is 3.20. The molecule has 2 aromatic heterocycles. The molecule has 3 rings (SSSR count). The zero-order valence-corrected chi connectivity index (χ0v) is 11.2. The Morgan fingerprint density at radius 1 is 1.25 bits per heavy atom. The van der Waals surface area contributed by atoms with Gasteiger partial charge in [-0.2, -0.15) is 0 Å². The van der Waals surface area contributed by atoms with Crippen LogP contribution in [0.2, 0.25) is 0 Å². The molecule has 0 aliphatic carbocycles. The summed E-state index contributed by atoms with van der Waals surface area (Å²) in [7, 11) is 0. The molecule has 20 heavy (non-hydrogen) atoms. The standard InChI is InChI=1S/C16H15N3O/c1-11-6-7-15(18-9-11)19-16(20)8-12-10-17-14-5-3-2-4-13(12)14/h2-7,9-10,17H,8H2,1H3,(H,18,19,20). The number of H-pyrrole nitrogens is 1. The summed E-state index contributed by atoms with van der Waals surface area (Å²) in [6.07, 6.45) is 3.95. The molecule has 0 aliphatic rings. The molecule has 2 heterocycles. The second-order valence-corrected chi connectivity index (χ2v) is 4.81. The minimum Gasteiger partial charge on any atom is -0.361 e. The predicted octanol–water partition coefficient (Wildman–Crippen LogP) is 3.05. The van der Waals surface area contributed by atoms with Crippen molar-refractivity contribution in [2.75, 3.05) is 5.32 Å². The van der Waals surface area contributed by atoms with E-state index in [0.29, 0.717) is 12.2 Å². The van der Waals surface area contributed by atoms with Crippen LogP contribution in [0.4, 0.5) is 5.82 Å². The smallest absolute Gasteiger partial charge is 0.230 e. The third-order valence-electron chi connectivity index (χ3n) is 3.20. The number of pyridine rings is 1. The molecule has 4 heteroatoms. The van der Waals surface area contributed by atoms with Gasteiger partial charge in [0, 0.05) is 23.3 Å². The quantitative estimate of drug-likeness (QED) is 0.764. The molecule has 0 aliphatic heterocycles. The van der Waals surface area contributed by atoms with Crippen molar-refractivity contribution in [3.63, 3.8) is 0 Å². The lowest BCUT2D eigenvalue weighted by Gasteiger charge is -2.04. The Labute approximate surface area is 116 Å². The molecule has 0 spiro atoms. The predicted molar refractivity (Wildman–Crippen MR) is 79.6 cm³/mol. The first kappa shape index (κ1) is 12.4. The molecule has 0 saturated carbocycles. The first-order valence-corrected chi connectivity index (χ1v) is 6.50. The molecule has 4 nitrogen and oxygen atoms in total. The Kier molecular flexibility index (Phi) is 3.21. The Morgan fingerprint density at radius 2 is 2.10 bits per heavy atom. The second kappa shape index (κ2) is 5.17. The average Bonchev–Trinajstić information content (AvgIpc) is 2.85. The van der Waals surface area contributed by atoms with Crippen LogP contribution in [-0.4, -0.2) is 15.9 Å². The van der Waals surface area contributed by atoms with Gasteiger partial charge in [0.05, 0.1) is 6.42 Å².